The van der Waals surface area contributed by atoms with Gasteiger partial charge in [0, 0.05) is 36.2 Å². The van der Waals surface area contributed by atoms with E-state index in [1.807, 2.05) is 32.0 Å². The first-order chi connectivity index (χ1) is 15.4. The van der Waals surface area contributed by atoms with Gasteiger partial charge in [-0.3, -0.25) is 4.79 Å². The summed E-state index contributed by atoms with van der Waals surface area (Å²) in [5.41, 5.74) is 1.93. The highest BCUT2D eigenvalue weighted by molar-refractivity contribution is 6.00. The number of urea groups is 2. The average molecular weight is 438 g/mol. The average Bonchev–Trinajstić information content (AvgIpc) is 2.81. The smallest absolute Gasteiger partial charge is 0.323 e. The number of rotatable bonds is 6. The number of likely N-dealkylation sites (tertiary alicyclic amines) is 1. The molecule has 32 heavy (non-hydrogen) atoms. The zero-order chi connectivity index (χ0) is 22.9. The van der Waals surface area contributed by atoms with Crippen molar-refractivity contribution < 1.29 is 14.4 Å². The van der Waals surface area contributed by atoms with Crippen LogP contribution in [0.25, 0.3) is 0 Å². The van der Waals surface area contributed by atoms with Gasteiger partial charge in [-0.15, -0.1) is 0 Å². The first-order valence-corrected chi connectivity index (χ1v) is 11.0. The Kier molecular flexibility index (Phi) is 8.08. The molecule has 0 aromatic heterocycles. The molecule has 0 radical (unpaired) electrons. The topological polar surface area (TPSA) is 103 Å². The molecule has 170 valence electrons. The van der Waals surface area contributed by atoms with Crippen LogP contribution >= 0.6 is 0 Å². The highest BCUT2D eigenvalue weighted by atomic mass is 16.2. The number of nitrogens with zero attached hydrogens (tertiary/aromatic N) is 1. The van der Waals surface area contributed by atoms with Gasteiger partial charge in [0.05, 0.1) is 5.92 Å². The molecule has 8 nitrogen and oxygen atoms in total. The number of hydrogen-bond acceptors (Lipinski definition) is 3. The van der Waals surface area contributed by atoms with E-state index in [4.69, 9.17) is 0 Å². The van der Waals surface area contributed by atoms with Gasteiger partial charge in [-0.05, 0) is 62.6 Å². The molecular formula is C24H31N5O3. The Labute approximate surface area is 188 Å². The lowest BCUT2D eigenvalue weighted by molar-refractivity contribution is -0.126. The number of benzene rings is 2. The summed E-state index contributed by atoms with van der Waals surface area (Å²) in [6.45, 7) is 5.04. The van der Waals surface area contributed by atoms with Gasteiger partial charge in [0.15, 0.2) is 0 Å². The molecular weight excluding hydrogens is 406 g/mol. The first-order valence-electron chi connectivity index (χ1n) is 11.0. The lowest BCUT2D eigenvalue weighted by Gasteiger charge is -2.32. The summed E-state index contributed by atoms with van der Waals surface area (Å²) in [7, 11) is 0. The summed E-state index contributed by atoms with van der Waals surface area (Å²) in [6.07, 6.45) is 2.46. The predicted octanol–water partition coefficient (Wildman–Crippen LogP) is 4.49. The van der Waals surface area contributed by atoms with Crippen LogP contribution in [0.5, 0.6) is 0 Å². The van der Waals surface area contributed by atoms with Crippen LogP contribution in [0.1, 0.15) is 33.1 Å². The number of piperidine rings is 1. The third-order valence-corrected chi connectivity index (χ3v) is 5.51. The Morgan fingerprint density at radius 1 is 0.938 bits per heavy atom. The molecule has 1 fully saturated rings. The summed E-state index contributed by atoms with van der Waals surface area (Å²) in [4.78, 5) is 38.9. The monoisotopic (exact) mass is 437 g/mol. The molecule has 2 aromatic rings. The fourth-order valence-electron chi connectivity index (χ4n) is 3.49. The zero-order valence-electron chi connectivity index (χ0n) is 18.6. The van der Waals surface area contributed by atoms with Crippen LogP contribution in [-0.2, 0) is 4.79 Å². The van der Waals surface area contributed by atoms with E-state index in [0.717, 1.165) is 19.3 Å². The number of anilines is 3. The van der Waals surface area contributed by atoms with Gasteiger partial charge >= 0.3 is 12.1 Å². The first kappa shape index (κ1) is 23.1. The second-order valence-corrected chi connectivity index (χ2v) is 8.06. The van der Waals surface area contributed by atoms with Crippen molar-refractivity contribution in [3.8, 4) is 0 Å². The minimum atomic E-state index is -0.344. The van der Waals surface area contributed by atoms with E-state index >= 15 is 0 Å². The molecule has 0 bridgehead atoms. The number of hydrogen-bond donors (Lipinski definition) is 4. The molecule has 5 amide bonds. The van der Waals surface area contributed by atoms with Crippen LogP contribution in [0, 0.1) is 5.92 Å². The second kappa shape index (κ2) is 11.2. The third kappa shape index (κ3) is 6.73. The Morgan fingerprint density at radius 3 is 2.16 bits per heavy atom. The lowest BCUT2D eigenvalue weighted by atomic mass is 9.97. The van der Waals surface area contributed by atoms with Crippen LogP contribution in [0.4, 0.5) is 26.7 Å². The van der Waals surface area contributed by atoms with Crippen LogP contribution in [-0.4, -0.2) is 42.0 Å². The van der Waals surface area contributed by atoms with Crippen molar-refractivity contribution in [2.24, 2.45) is 5.92 Å². The van der Waals surface area contributed by atoms with Gasteiger partial charge in [-0.1, -0.05) is 25.1 Å². The highest BCUT2D eigenvalue weighted by Crippen LogP contribution is 2.19. The molecule has 0 unspecified atom stereocenters. The molecule has 2 aromatic carbocycles. The summed E-state index contributed by atoms with van der Waals surface area (Å²) >= 11 is 0. The fraction of sp³-hybridized carbons (Fsp3) is 0.375. The third-order valence-electron chi connectivity index (χ3n) is 5.51. The molecule has 4 N–H and O–H groups in total. The maximum absolute atomic E-state index is 12.7. The molecule has 0 saturated carbocycles. The second-order valence-electron chi connectivity index (χ2n) is 8.06. The van der Waals surface area contributed by atoms with Crippen LogP contribution in [0.15, 0.2) is 54.6 Å². The van der Waals surface area contributed by atoms with Gasteiger partial charge < -0.3 is 26.2 Å². The Morgan fingerprint density at radius 2 is 1.53 bits per heavy atom. The lowest BCUT2D eigenvalue weighted by Crippen LogP contribution is -2.48. The van der Waals surface area contributed by atoms with E-state index in [1.54, 1.807) is 41.3 Å². The zero-order valence-corrected chi connectivity index (χ0v) is 18.6. The van der Waals surface area contributed by atoms with Gasteiger partial charge in [0.25, 0.3) is 0 Å². The summed E-state index contributed by atoms with van der Waals surface area (Å²) in [5, 5.41) is 11.4. The fourth-order valence-corrected chi connectivity index (χ4v) is 3.49. The molecule has 1 aliphatic rings. The summed E-state index contributed by atoms with van der Waals surface area (Å²) < 4.78 is 0. The van der Waals surface area contributed by atoms with Crippen molar-refractivity contribution >= 4 is 35.0 Å². The molecule has 1 heterocycles. The summed E-state index contributed by atoms with van der Waals surface area (Å²) in [6, 6.07) is 15.6. The quantitative estimate of drug-likeness (QED) is 0.535. The van der Waals surface area contributed by atoms with E-state index in [1.165, 1.54) is 0 Å². The van der Waals surface area contributed by atoms with Gasteiger partial charge in [-0.25, -0.2) is 9.59 Å². The predicted molar refractivity (Wildman–Crippen MR) is 127 cm³/mol. The maximum atomic E-state index is 12.7. The van der Waals surface area contributed by atoms with Gasteiger partial charge in [-0.2, -0.15) is 0 Å². The summed E-state index contributed by atoms with van der Waals surface area (Å²) in [5.74, 6) is -0.167. The van der Waals surface area contributed by atoms with E-state index < -0.39 is 0 Å². The van der Waals surface area contributed by atoms with Crippen LogP contribution < -0.4 is 21.3 Å². The minimum Gasteiger partial charge on any atom is -0.353 e. The van der Waals surface area contributed by atoms with Crippen molar-refractivity contribution in [1.82, 2.24) is 10.2 Å². The number of carbonyl (C=O) groups excluding carboxylic acids is 3. The largest absolute Gasteiger partial charge is 0.353 e. The minimum absolute atomic E-state index is 0.0149. The van der Waals surface area contributed by atoms with Crippen molar-refractivity contribution in [2.45, 2.75) is 39.2 Å². The number of para-hydroxylation sites is 1. The number of carbonyl (C=O) groups is 3. The molecule has 3 rings (SSSR count). The Bertz CT molecular complexity index is 917. The molecule has 1 aliphatic heterocycles. The molecule has 2 atom stereocenters. The Hall–Kier alpha value is -3.55. The van der Waals surface area contributed by atoms with E-state index in [9.17, 15) is 14.4 Å². The normalized spacial score (nSPS) is 16.6. The van der Waals surface area contributed by atoms with E-state index in [2.05, 4.69) is 21.3 Å². The molecule has 0 spiro atoms. The SMILES string of the molecule is CC[C@@H](C)NC(=O)[C@H]1CCCN(C(=O)Nc2ccc(NC(=O)Nc3ccccc3)cc2)C1. The van der Waals surface area contributed by atoms with Crippen molar-refractivity contribution in [2.75, 3.05) is 29.0 Å². The van der Waals surface area contributed by atoms with E-state index in [0.29, 0.717) is 30.2 Å². The van der Waals surface area contributed by atoms with E-state index in [-0.39, 0.29) is 29.9 Å². The van der Waals surface area contributed by atoms with Gasteiger partial charge in [0.2, 0.25) is 5.91 Å². The number of nitrogens with one attached hydrogen (secondary N) is 4. The standard InChI is InChI=1S/C24H31N5O3/c1-3-17(2)25-22(30)18-8-7-15-29(16-18)24(32)28-21-13-11-20(12-14-21)27-23(31)26-19-9-5-4-6-10-19/h4-6,9-14,17-18H,3,7-8,15-16H2,1-2H3,(H,25,30)(H,28,32)(H2,26,27,31)/t17-,18+/m1/s1. The maximum Gasteiger partial charge on any atom is 0.323 e. The molecule has 0 aliphatic carbocycles. The number of amides is 5. The van der Waals surface area contributed by atoms with Crippen LogP contribution in [0.2, 0.25) is 0 Å². The highest BCUT2D eigenvalue weighted by Gasteiger charge is 2.28. The van der Waals surface area contributed by atoms with Crippen molar-refractivity contribution in [1.29, 1.82) is 0 Å². The Balaban J connectivity index is 1.49. The molecule has 8 heteroatoms. The van der Waals surface area contributed by atoms with Crippen LogP contribution in [0.3, 0.4) is 0 Å². The van der Waals surface area contributed by atoms with Crippen molar-refractivity contribution in [3.05, 3.63) is 54.6 Å². The van der Waals surface area contributed by atoms with Crippen molar-refractivity contribution in [3.63, 3.8) is 0 Å². The molecule has 1 saturated heterocycles. The van der Waals surface area contributed by atoms with Gasteiger partial charge in [0.1, 0.15) is 0 Å².